The first-order valence-electron chi connectivity index (χ1n) is 9.56. The van der Waals surface area contributed by atoms with E-state index in [1.807, 2.05) is 6.92 Å². The first-order chi connectivity index (χ1) is 15.1. The average Bonchev–Trinajstić information content (AvgIpc) is 3.43. The third-order valence-corrected chi connectivity index (χ3v) is 4.41. The summed E-state index contributed by atoms with van der Waals surface area (Å²) in [6, 6.07) is 11.9. The molecule has 0 aliphatic heterocycles. The van der Waals surface area contributed by atoms with Crippen molar-refractivity contribution in [2.75, 3.05) is 18.5 Å². The van der Waals surface area contributed by atoms with Crippen molar-refractivity contribution in [3.8, 4) is 17.2 Å². The summed E-state index contributed by atoms with van der Waals surface area (Å²) in [5, 5.41) is 6.97. The van der Waals surface area contributed by atoms with Gasteiger partial charge >= 0.3 is 5.97 Å². The summed E-state index contributed by atoms with van der Waals surface area (Å²) in [6.45, 7) is 3.51. The van der Waals surface area contributed by atoms with Crippen molar-refractivity contribution < 1.29 is 28.0 Å². The first kappa shape index (κ1) is 20.1. The minimum atomic E-state index is -0.709. The van der Waals surface area contributed by atoms with Gasteiger partial charge in [0.05, 0.1) is 35.2 Å². The molecule has 0 aliphatic carbocycles. The predicted octanol–water partition coefficient (Wildman–Crippen LogP) is 3.99. The number of ether oxygens (including phenoxy) is 2. The third kappa shape index (κ3) is 4.25. The van der Waals surface area contributed by atoms with E-state index in [1.165, 1.54) is 12.3 Å². The lowest BCUT2D eigenvalue weighted by atomic mass is 10.1. The van der Waals surface area contributed by atoms with E-state index in [4.69, 9.17) is 18.4 Å². The molecule has 0 unspecified atom stereocenters. The molecule has 0 aliphatic rings. The van der Waals surface area contributed by atoms with Crippen LogP contribution in [0.4, 0.5) is 5.69 Å². The number of benzene rings is 1. The van der Waals surface area contributed by atoms with Gasteiger partial charge in [-0.25, -0.2) is 9.78 Å². The quantitative estimate of drug-likeness (QED) is 0.445. The largest absolute Gasteiger partial charge is 0.492 e. The molecule has 3 heterocycles. The van der Waals surface area contributed by atoms with E-state index in [0.29, 0.717) is 40.6 Å². The molecule has 0 atom stereocenters. The number of amides is 1. The second-order valence-electron chi connectivity index (χ2n) is 6.53. The van der Waals surface area contributed by atoms with Gasteiger partial charge in [0.25, 0.3) is 11.6 Å². The molecule has 9 nitrogen and oxygen atoms in total. The molecule has 1 amide bonds. The van der Waals surface area contributed by atoms with Crippen LogP contribution in [0.2, 0.25) is 0 Å². The summed E-state index contributed by atoms with van der Waals surface area (Å²) >= 11 is 0. The standard InChI is InChI=1S/C22H19N3O6/c1-3-28-17-8-5-4-7-15(17)23-19(26)12-30-22(27)14-11-16(18-9-6-10-29-18)24-21-20(14)13(2)25-31-21/h4-11H,3,12H2,1-2H3,(H,23,26). The fourth-order valence-corrected chi connectivity index (χ4v) is 3.05. The Morgan fingerprint density at radius 1 is 1.16 bits per heavy atom. The number of hydrogen-bond acceptors (Lipinski definition) is 8. The number of fused-ring (bicyclic) bond motifs is 1. The van der Waals surface area contributed by atoms with E-state index in [-0.39, 0.29) is 11.3 Å². The van der Waals surface area contributed by atoms with Gasteiger partial charge in [0, 0.05) is 0 Å². The fraction of sp³-hybridized carbons (Fsp3) is 0.182. The predicted molar refractivity (Wildman–Crippen MR) is 111 cm³/mol. The van der Waals surface area contributed by atoms with E-state index in [1.54, 1.807) is 43.3 Å². The van der Waals surface area contributed by atoms with Crippen molar-refractivity contribution in [2.45, 2.75) is 13.8 Å². The Balaban J connectivity index is 1.52. The average molecular weight is 421 g/mol. The number of hydrogen-bond donors (Lipinski definition) is 1. The minimum Gasteiger partial charge on any atom is -0.492 e. The minimum absolute atomic E-state index is 0.174. The van der Waals surface area contributed by atoms with Crippen LogP contribution in [0.3, 0.4) is 0 Å². The number of aromatic nitrogens is 2. The lowest BCUT2D eigenvalue weighted by molar-refractivity contribution is -0.119. The van der Waals surface area contributed by atoms with Crippen LogP contribution in [-0.2, 0) is 9.53 Å². The molecular formula is C22H19N3O6. The number of anilines is 1. The number of aryl methyl sites for hydroxylation is 1. The smallest absolute Gasteiger partial charge is 0.339 e. The maximum absolute atomic E-state index is 12.8. The Labute approximate surface area is 176 Å². The molecule has 1 N–H and O–H groups in total. The SMILES string of the molecule is CCOc1ccccc1NC(=O)COC(=O)c1cc(-c2ccco2)nc2onc(C)c12. The van der Waals surface area contributed by atoms with Gasteiger partial charge in [0.2, 0.25) is 0 Å². The maximum atomic E-state index is 12.8. The number of nitrogens with zero attached hydrogens (tertiary/aromatic N) is 2. The number of pyridine rings is 1. The number of rotatable bonds is 7. The van der Waals surface area contributed by atoms with Crippen molar-refractivity contribution in [1.29, 1.82) is 0 Å². The van der Waals surface area contributed by atoms with E-state index in [2.05, 4.69) is 15.5 Å². The molecule has 158 valence electrons. The molecule has 0 fully saturated rings. The topological polar surface area (TPSA) is 117 Å². The molecule has 0 radical (unpaired) electrons. The molecule has 0 saturated heterocycles. The molecule has 4 aromatic rings. The molecule has 0 bridgehead atoms. The molecule has 3 aromatic heterocycles. The van der Waals surface area contributed by atoms with Gasteiger partial charge in [-0.2, -0.15) is 0 Å². The lowest BCUT2D eigenvalue weighted by Crippen LogP contribution is -2.21. The van der Waals surface area contributed by atoms with Crippen LogP contribution in [0.5, 0.6) is 5.75 Å². The third-order valence-electron chi connectivity index (χ3n) is 4.41. The van der Waals surface area contributed by atoms with Crippen molar-refractivity contribution >= 4 is 28.7 Å². The van der Waals surface area contributed by atoms with E-state index >= 15 is 0 Å². The summed E-state index contributed by atoms with van der Waals surface area (Å²) in [6.07, 6.45) is 1.50. The van der Waals surface area contributed by atoms with E-state index in [0.717, 1.165) is 0 Å². The van der Waals surface area contributed by atoms with Gasteiger partial charge in [-0.05, 0) is 44.2 Å². The number of para-hydroxylation sites is 2. The van der Waals surface area contributed by atoms with Gasteiger partial charge in [-0.1, -0.05) is 17.3 Å². The Bertz CT molecular complexity index is 1230. The van der Waals surface area contributed by atoms with Crippen molar-refractivity contribution in [1.82, 2.24) is 10.1 Å². The van der Waals surface area contributed by atoms with Crippen LogP contribution in [0.1, 0.15) is 23.0 Å². The summed E-state index contributed by atoms with van der Waals surface area (Å²) in [5.74, 6) is -0.224. The summed E-state index contributed by atoms with van der Waals surface area (Å²) in [5.41, 5.74) is 1.71. The molecule has 0 saturated carbocycles. The molecule has 1 aromatic carbocycles. The molecule has 4 rings (SSSR count). The Morgan fingerprint density at radius 2 is 2.00 bits per heavy atom. The van der Waals surface area contributed by atoms with Gasteiger partial charge < -0.3 is 23.7 Å². The number of furan rings is 1. The number of nitrogens with one attached hydrogen (secondary N) is 1. The van der Waals surface area contributed by atoms with E-state index < -0.39 is 18.5 Å². The summed E-state index contributed by atoms with van der Waals surface area (Å²) in [4.78, 5) is 29.5. The van der Waals surface area contributed by atoms with Crippen LogP contribution >= 0.6 is 0 Å². The van der Waals surface area contributed by atoms with Gasteiger partial charge in [0.1, 0.15) is 11.4 Å². The highest BCUT2D eigenvalue weighted by atomic mass is 16.5. The highest BCUT2D eigenvalue weighted by Gasteiger charge is 2.22. The van der Waals surface area contributed by atoms with Crippen LogP contribution in [-0.4, -0.2) is 35.2 Å². The Kier molecular flexibility index (Phi) is 5.65. The van der Waals surface area contributed by atoms with E-state index in [9.17, 15) is 9.59 Å². The Hall–Kier alpha value is -4.14. The zero-order valence-electron chi connectivity index (χ0n) is 16.9. The number of esters is 1. The van der Waals surface area contributed by atoms with Crippen LogP contribution in [0, 0.1) is 6.92 Å². The van der Waals surface area contributed by atoms with Crippen LogP contribution in [0.15, 0.2) is 57.7 Å². The molecular weight excluding hydrogens is 402 g/mol. The molecule has 0 spiro atoms. The van der Waals surface area contributed by atoms with Crippen molar-refractivity contribution in [3.63, 3.8) is 0 Å². The van der Waals surface area contributed by atoms with Gasteiger partial charge in [-0.3, -0.25) is 4.79 Å². The monoisotopic (exact) mass is 421 g/mol. The summed E-state index contributed by atoms with van der Waals surface area (Å²) in [7, 11) is 0. The number of carbonyl (C=O) groups is 2. The number of carbonyl (C=O) groups excluding carboxylic acids is 2. The lowest BCUT2D eigenvalue weighted by Gasteiger charge is -2.11. The second kappa shape index (κ2) is 8.70. The Morgan fingerprint density at radius 3 is 2.77 bits per heavy atom. The zero-order valence-corrected chi connectivity index (χ0v) is 16.9. The molecule has 31 heavy (non-hydrogen) atoms. The van der Waals surface area contributed by atoms with Crippen molar-refractivity contribution in [2.24, 2.45) is 0 Å². The molecule has 9 heteroatoms. The van der Waals surface area contributed by atoms with Crippen LogP contribution in [0.25, 0.3) is 22.6 Å². The highest BCUT2D eigenvalue weighted by molar-refractivity contribution is 6.05. The zero-order chi connectivity index (χ0) is 21.8. The van der Waals surface area contributed by atoms with Crippen molar-refractivity contribution in [3.05, 3.63) is 60.0 Å². The fourth-order valence-electron chi connectivity index (χ4n) is 3.05. The van der Waals surface area contributed by atoms with Crippen LogP contribution < -0.4 is 10.1 Å². The maximum Gasteiger partial charge on any atom is 0.339 e. The van der Waals surface area contributed by atoms with Gasteiger partial charge in [0.15, 0.2) is 12.4 Å². The summed E-state index contributed by atoms with van der Waals surface area (Å²) < 4.78 is 21.3. The first-order valence-corrected chi connectivity index (χ1v) is 9.56. The normalized spacial score (nSPS) is 10.8. The second-order valence-corrected chi connectivity index (χ2v) is 6.53. The highest BCUT2D eigenvalue weighted by Crippen LogP contribution is 2.28. The van der Waals surface area contributed by atoms with Gasteiger partial charge in [-0.15, -0.1) is 0 Å².